The van der Waals surface area contributed by atoms with Gasteiger partial charge in [-0.3, -0.25) is 14.4 Å². The molecule has 9 heteroatoms. The minimum atomic E-state index is -1.77. The molecule has 0 bridgehead atoms. The number of carbonyl (C=O) groups is 3. The first kappa shape index (κ1) is 66.5. The summed E-state index contributed by atoms with van der Waals surface area (Å²) >= 11 is 0. The molecule has 0 heterocycles. The lowest BCUT2D eigenvalue weighted by Gasteiger charge is -2.31. The van der Waals surface area contributed by atoms with E-state index in [9.17, 15) is 29.7 Å². The van der Waals surface area contributed by atoms with Gasteiger partial charge >= 0.3 is 17.9 Å². The van der Waals surface area contributed by atoms with Gasteiger partial charge in [0.05, 0.1) is 6.61 Å². The Balaban J connectivity index is 5.04. The number of carbonyl (C=O) groups excluding carboxylic acids is 3. The van der Waals surface area contributed by atoms with E-state index in [4.69, 9.17) is 14.2 Å². The third kappa shape index (κ3) is 46.3. The van der Waals surface area contributed by atoms with Gasteiger partial charge in [0, 0.05) is 19.3 Å². The highest BCUT2D eigenvalue weighted by atomic mass is 16.6. The van der Waals surface area contributed by atoms with E-state index in [-0.39, 0.29) is 19.3 Å². The standard InChI is InChI=1S/C60H110O9/c1-4-7-10-13-16-19-22-25-28-31-34-37-40-43-46-49-56(63)67-53-55(68-57(64)50-47-44-41-38-35-32-29-26-23-20-17-14-11-8-5-2)60(59(66)54(62)52-61)69-58(65)51-48-45-42-39-36-33-30-27-24-21-18-15-12-9-6-3/h25-30,54-55,59-62,66H,4-24,31-53H2,1-3H3/b28-25-,29-26-,30-27-/t54-,55+,59-,60-/m1/s1. The summed E-state index contributed by atoms with van der Waals surface area (Å²) < 4.78 is 17.1. The average molecular weight is 976 g/mol. The fourth-order valence-corrected chi connectivity index (χ4v) is 8.59. The number of ether oxygens (including phenoxy) is 3. The fraction of sp³-hybridized carbons (Fsp3) is 0.850. The normalized spacial score (nSPS) is 13.7. The largest absolute Gasteiger partial charge is 0.462 e. The zero-order valence-corrected chi connectivity index (χ0v) is 45.2. The summed E-state index contributed by atoms with van der Waals surface area (Å²) in [6.07, 6.45) is 52.2. The Morgan fingerprint density at radius 2 is 0.652 bits per heavy atom. The van der Waals surface area contributed by atoms with Crippen molar-refractivity contribution in [1.29, 1.82) is 0 Å². The van der Waals surface area contributed by atoms with Crippen LogP contribution in [-0.4, -0.2) is 70.9 Å². The molecule has 0 saturated carbocycles. The molecule has 4 atom stereocenters. The maximum atomic E-state index is 13.2. The number of hydrogen-bond donors (Lipinski definition) is 3. The van der Waals surface area contributed by atoms with E-state index in [1.165, 1.54) is 116 Å². The molecule has 0 aliphatic rings. The van der Waals surface area contributed by atoms with Gasteiger partial charge < -0.3 is 29.5 Å². The van der Waals surface area contributed by atoms with Crippen molar-refractivity contribution < 1.29 is 43.9 Å². The van der Waals surface area contributed by atoms with Crippen LogP contribution in [0.2, 0.25) is 0 Å². The van der Waals surface area contributed by atoms with Gasteiger partial charge in [0.15, 0.2) is 12.2 Å². The van der Waals surface area contributed by atoms with E-state index in [0.717, 1.165) is 116 Å². The van der Waals surface area contributed by atoms with Crippen LogP contribution in [0.5, 0.6) is 0 Å². The molecule has 0 aliphatic heterocycles. The highest BCUT2D eigenvalue weighted by molar-refractivity contribution is 5.71. The minimum Gasteiger partial charge on any atom is -0.462 e. The fourth-order valence-electron chi connectivity index (χ4n) is 8.59. The molecule has 0 aromatic carbocycles. The van der Waals surface area contributed by atoms with Crippen molar-refractivity contribution in [3.63, 3.8) is 0 Å². The summed E-state index contributed by atoms with van der Waals surface area (Å²) in [4.78, 5) is 39.3. The molecule has 0 amide bonds. The third-order valence-corrected chi connectivity index (χ3v) is 13.2. The van der Waals surface area contributed by atoms with Crippen molar-refractivity contribution in [2.24, 2.45) is 0 Å². The Morgan fingerprint density at radius 3 is 0.971 bits per heavy atom. The molecule has 9 nitrogen and oxygen atoms in total. The van der Waals surface area contributed by atoms with Gasteiger partial charge in [-0.15, -0.1) is 0 Å². The smallest absolute Gasteiger partial charge is 0.306 e. The molecule has 0 radical (unpaired) electrons. The number of unbranched alkanes of at least 4 members (excludes halogenated alkanes) is 33. The van der Waals surface area contributed by atoms with Crippen molar-refractivity contribution in [2.75, 3.05) is 13.2 Å². The van der Waals surface area contributed by atoms with Gasteiger partial charge in [-0.25, -0.2) is 0 Å². The summed E-state index contributed by atoms with van der Waals surface area (Å²) in [6.45, 7) is 5.50. The van der Waals surface area contributed by atoms with Crippen LogP contribution in [0.3, 0.4) is 0 Å². The summed E-state index contributed by atoms with van der Waals surface area (Å²) in [5, 5.41) is 31.3. The quantitative estimate of drug-likeness (QED) is 0.0235. The number of rotatable bonds is 53. The number of hydrogen-bond acceptors (Lipinski definition) is 9. The van der Waals surface area contributed by atoms with Crippen molar-refractivity contribution in [3.8, 4) is 0 Å². The molecule has 0 fully saturated rings. The Labute approximate surface area is 424 Å². The predicted octanol–water partition coefficient (Wildman–Crippen LogP) is 16.2. The average Bonchev–Trinajstić information content (AvgIpc) is 3.35. The zero-order valence-electron chi connectivity index (χ0n) is 45.2. The highest BCUT2D eigenvalue weighted by Gasteiger charge is 2.39. The van der Waals surface area contributed by atoms with E-state index < -0.39 is 55.5 Å². The first-order chi connectivity index (χ1) is 33.8. The van der Waals surface area contributed by atoms with Crippen LogP contribution >= 0.6 is 0 Å². The van der Waals surface area contributed by atoms with Gasteiger partial charge in [0.1, 0.15) is 18.8 Å². The van der Waals surface area contributed by atoms with Gasteiger partial charge in [-0.2, -0.15) is 0 Å². The summed E-state index contributed by atoms with van der Waals surface area (Å²) in [5.41, 5.74) is 0. The molecule has 0 saturated heterocycles. The molecule has 0 aromatic rings. The lowest BCUT2D eigenvalue weighted by molar-refractivity contribution is -0.193. The van der Waals surface area contributed by atoms with Crippen LogP contribution < -0.4 is 0 Å². The molecular formula is C60H110O9. The minimum absolute atomic E-state index is 0.0848. The number of esters is 3. The van der Waals surface area contributed by atoms with Crippen LogP contribution in [0.1, 0.15) is 290 Å². The molecule has 69 heavy (non-hydrogen) atoms. The van der Waals surface area contributed by atoms with E-state index in [1.807, 2.05) is 0 Å². The molecule has 3 N–H and O–H groups in total. The van der Waals surface area contributed by atoms with Gasteiger partial charge in [0.25, 0.3) is 0 Å². The Hall–Kier alpha value is -2.49. The zero-order chi connectivity index (χ0) is 50.5. The lowest BCUT2D eigenvalue weighted by Crippen LogP contribution is -2.51. The van der Waals surface area contributed by atoms with Gasteiger partial charge in [-0.1, -0.05) is 211 Å². The number of aliphatic hydroxyl groups is 3. The van der Waals surface area contributed by atoms with Crippen molar-refractivity contribution in [2.45, 2.75) is 315 Å². The molecule has 0 aromatic heterocycles. The van der Waals surface area contributed by atoms with Crippen molar-refractivity contribution in [3.05, 3.63) is 36.5 Å². The van der Waals surface area contributed by atoms with Crippen molar-refractivity contribution in [1.82, 2.24) is 0 Å². The second-order valence-electron chi connectivity index (χ2n) is 19.9. The molecule has 404 valence electrons. The molecule has 0 aliphatic carbocycles. The maximum Gasteiger partial charge on any atom is 0.306 e. The van der Waals surface area contributed by atoms with Gasteiger partial charge in [-0.05, 0) is 96.3 Å². The Morgan fingerprint density at radius 1 is 0.377 bits per heavy atom. The van der Waals surface area contributed by atoms with Gasteiger partial charge in [0.2, 0.25) is 0 Å². The topological polar surface area (TPSA) is 140 Å². The van der Waals surface area contributed by atoms with E-state index >= 15 is 0 Å². The maximum absolute atomic E-state index is 13.2. The van der Waals surface area contributed by atoms with Crippen LogP contribution in [0.4, 0.5) is 0 Å². The van der Waals surface area contributed by atoms with Crippen LogP contribution in [0, 0.1) is 0 Å². The van der Waals surface area contributed by atoms with Crippen LogP contribution in [0.25, 0.3) is 0 Å². The lowest BCUT2D eigenvalue weighted by atomic mass is 10.0. The summed E-state index contributed by atoms with van der Waals surface area (Å²) in [7, 11) is 0. The first-order valence-corrected chi connectivity index (χ1v) is 29.3. The van der Waals surface area contributed by atoms with E-state index in [2.05, 4.69) is 57.2 Å². The van der Waals surface area contributed by atoms with Crippen molar-refractivity contribution >= 4 is 17.9 Å². The number of allylic oxidation sites excluding steroid dienone is 6. The predicted molar refractivity (Wildman–Crippen MR) is 288 cm³/mol. The summed E-state index contributed by atoms with van der Waals surface area (Å²) in [5.74, 6) is -1.64. The summed E-state index contributed by atoms with van der Waals surface area (Å²) in [6, 6.07) is 0. The first-order valence-electron chi connectivity index (χ1n) is 29.3. The number of aliphatic hydroxyl groups excluding tert-OH is 3. The molecule has 0 unspecified atom stereocenters. The highest BCUT2D eigenvalue weighted by Crippen LogP contribution is 2.20. The Bertz CT molecular complexity index is 1210. The van der Waals surface area contributed by atoms with E-state index in [1.54, 1.807) is 0 Å². The SMILES string of the molecule is CCCCCCCC/C=C\CCCCCCCC(=O)OC[C@H](OC(=O)CCCCCCC/C=C\CCCCCCCC)[C@@H](OC(=O)CCCCCCC/C=C\CCCCCCCC)[C@H](O)[C@H](O)CO. The van der Waals surface area contributed by atoms with Crippen LogP contribution in [0.15, 0.2) is 36.5 Å². The van der Waals surface area contributed by atoms with E-state index in [0.29, 0.717) is 19.3 Å². The molecular weight excluding hydrogens is 865 g/mol. The Kier molecular flexibility index (Phi) is 51.4. The molecule has 0 spiro atoms. The van der Waals surface area contributed by atoms with Crippen LogP contribution in [-0.2, 0) is 28.6 Å². The third-order valence-electron chi connectivity index (χ3n) is 13.2. The second kappa shape index (κ2) is 53.3. The molecule has 0 rings (SSSR count). The second-order valence-corrected chi connectivity index (χ2v) is 19.9. The monoisotopic (exact) mass is 975 g/mol.